The van der Waals surface area contributed by atoms with E-state index in [-0.39, 0.29) is 10.9 Å². The van der Waals surface area contributed by atoms with Gasteiger partial charge in [-0.05, 0) is 47.9 Å². The molecule has 0 aliphatic rings. The minimum absolute atomic E-state index is 0.307. The lowest BCUT2D eigenvalue weighted by atomic mass is 10.0. The average molecular weight is 312 g/mol. The van der Waals surface area contributed by atoms with Crippen LogP contribution in [-0.2, 0) is 0 Å². The molecule has 1 aromatic heterocycles. The molecule has 3 aromatic rings. The predicted molar refractivity (Wildman–Crippen MR) is 89.8 cm³/mol. The first-order chi connectivity index (χ1) is 10.7. The molecule has 0 saturated carbocycles. The SMILES string of the molecule is C/C=C/c1ccc(-c2ccc(-c3ccc(F)s3)c(F)c2)cc1. The van der Waals surface area contributed by atoms with Gasteiger partial charge < -0.3 is 0 Å². The molecule has 22 heavy (non-hydrogen) atoms. The smallest absolute Gasteiger partial charge is 0.176 e. The topological polar surface area (TPSA) is 0 Å². The number of rotatable bonds is 3. The van der Waals surface area contributed by atoms with Crippen molar-refractivity contribution in [3.63, 3.8) is 0 Å². The van der Waals surface area contributed by atoms with Crippen LogP contribution in [0.15, 0.2) is 60.7 Å². The molecule has 0 spiro atoms. The monoisotopic (exact) mass is 312 g/mol. The summed E-state index contributed by atoms with van der Waals surface area (Å²) in [5.41, 5.74) is 3.31. The Bertz CT molecular complexity index is 814. The average Bonchev–Trinajstić information content (AvgIpc) is 2.94. The van der Waals surface area contributed by atoms with Crippen LogP contribution in [0, 0.1) is 10.9 Å². The maximum absolute atomic E-state index is 14.3. The minimum atomic E-state index is -0.336. The van der Waals surface area contributed by atoms with Gasteiger partial charge in [0.15, 0.2) is 5.13 Å². The van der Waals surface area contributed by atoms with Gasteiger partial charge in [0.25, 0.3) is 0 Å². The molecule has 3 rings (SSSR count). The van der Waals surface area contributed by atoms with Crippen LogP contribution in [0.25, 0.3) is 27.6 Å². The summed E-state index contributed by atoms with van der Waals surface area (Å²) in [7, 11) is 0. The fraction of sp³-hybridized carbons (Fsp3) is 0.0526. The fourth-order valence-electron chi connectivity index (χ4n) is 2.33. The van der Waals surface area contributed by atoms with E-state index in [1.807, 2.05) is 49.4 Å². The van der Waals surface area contributed by atoms with E-state index in [1.54, 1.807) is 12.1 Å². The van der Waals surface area contributed by atoms with Gasteiger partial charge in [0.1, 0.15) is 5.82 Å². The maximum Gasteiger partial charge on any atom is 0.176 e. The lowest BCUT2D eigenvalue weighted by molar-refractivity contribution is 0.632. The molecular weight excluding hydrogens is 298 g/mol. The normalized spacial score (nSPS) is 11.2. The Hall–Kier alpha value is -2.26. The Morgan fingerprint density at radius 1 is 0.864 bits per heavy atom. The zero-order valence-corrected chi connectivity index (χ0v) is 12.8. The highest BCUT2D eigenvalue weighted by atomic mass is 32.1. The van der Waals surface area contributed by atoms with Crippen LogP contribution < -0.4 is 0 Å². The summed E-state index contributed by atoms with van der Waals surface area (Å²) in [6.07, 6.45) is 3.99. The number of halogens is 2. The molecule has 0 amide bonds. The number of allylic oxidation sites excluding steroid dienone is 1. The molecule has 1 heterocycles. The second-order valence-corrected chi connectivity index (χ2v) is 5.95. The summed E-state index contributed by atoms with van der Waals surface area (Å²) < 4.78 is 27.4. The number of hydrogen-bond donors (Lipinski definition) is 0. The summed E-state index contributed by atoms with van der Waals surface area (Å²) in [4.78, 5) is 0.602. The second-order valence-electron chi connectivity index (χ2n) is 4.92. The van der Waals surface area contributed by atoms with Crippen molar-refractivity contribution < 1.29 is 8.78 Å². The van der Waals surface area contributed by atoms with Gasteiger partial charge in [0, 0.05) is 10.4 Å². The molecule has 0 bridgehead atoms. The third-order valence-corrected chi connectivity index (χ3v) is 4.32. The largest absolute Gasteiger partial charge is 0.206 e. The molecule has 0 aliphatic carbocycles. The Morgan fingerprint density at radius 2 is 1.59 bits per heavy atom. The third kappa shape index (κ3) is 3.00. The first kappa shape index (κ1) is 14.7. The van der Waals surface area contributed by atoms with Gasteiger partial charge in [0.05, 0.1) is 0 Å². The Labute approximate surface area is 132 Å². The van der Waals surface area contributed by atoms with Crippen molar-refractivity contribution in [2.24, 2.45) is 0 Å². The summed E-state index contributed by atoms with van der Waals surface area (Å²) >= 11 is 0.950. The van der Waals surface area contributed by atoms with Gasteiger partial charge in [-0.25, -0.2) is 4.39 Å². The molecule has 0 fully saturated rings. The van der Waals surface area contributed by atoms with Crippen LogP contribution in [0.3, 0.4) is 0 Å². The van der Waals surface area contributed by atoms with Crippen LogP contribution in [-0.4, -0.2) is 0 Å². The Morgan fingerprint density at radius 3 is 2.18 bits per heavy atom. The summed E-state index contributed by atoms with van der Waals surface area (Å²) in [6.45, 7) is 1.97. The minimum Gasteiger partial charge on any atom is -0.206 e. The van der Waals surface area contributed by atoms with Gasteiger partial charge in [-0.3, -0.25) is 0 Å². The van der Waals surface area contributed by atoms with Crippen LogP contribution in [0.5, 0.6) is 0 Å². The molecule has 0 radical (unpaired) electrons. The molecule has 3 heteroatoms. The van der Waals surface area contributed by atoms with E-state index < -0.39 is 0 Å². The highest BCUT2D eigenvalue weighted by Gasteiger charge is 2.09. The maximum atomic E-state index is 14.3. The quantitative estimate of drug-likeness (QED) is 0.525. The molecule has 0 saturated heterocycles. The van der Waals surface area contributed by atoms with Crippen molar-refractivity contribution in [2.75, 3.05) is 0 Å². The highest BCUT2D eigenvalue weighted by molar-refractivity contribution is 7.13. The van der Waals surface area contributed by atoms with E-state index >= 15 is 0 Å². The van der Waals surface area contributed by atoms with Crippen LogP contribution in [0.4, 0.5) is 8.78 Å². The first-order valence-corrected chi connectivity index (χ1v) is 7.77. The third-order valence-electron chi connectivity index (χ3n) is 3.41. The number of thiophene rings is 1. The Balaban J connectivity index is 1.94. The van der Waals surface area contributed by atoms with Crippen molar-refractivity contribution in [1.29, 1.82) is 0 Å². The molecule has 0 atom stereocenters. The van der Waals surface area contributed by atoms with E-state index in [0.717, 1.165) is 28.0 Å². The van der Waals surface area contributed by atoms with Crippen molar-refractivity contribution in [3.05, 3.63) is 77.2 Å². The Kier molecular flexibility index (Phi) is 4.16. The van der Waals surface area contributed by atoms with Crippen molar-refractivity contribution in [1.82, 2.24) is 0 Å². The van der Waals surface area contributed by atoms with Crippen molar-refractivity contribution >= 4 is 17.4 Å². The van der Waals surface area contributed by atoms with Crippen LogP contribution in [0.2, 0.25) is 0 Å². The molecule has 0 N–H and O–H groups in total. The zero-order chi connectivity index (χ0) is 15.5. The van der Waals surface area contributed by atoms with E-state index in [9.17, 15) is 8.78 Å². The summed E-state index contributed by atoms with van der Waals surface area (Å²) in [5.74, 6) is -0.336. The lowest BCUT2D eigenvalue weighted by Crippen LogP contribution is -1.85. The van der Waals surface area contributed by atoms with Crippen LogP contribution >= 0.6 is 11.3 Å². The van der Waals surface area contributed by atoms with Crippen LogP contribution in [0.1, 0.15) is 12.5 Å². The molecule has 0 unspecified atom stereocenters. The van der Waals surface area contributed by atoms with Crippen molar-refractivity contribution in [2.45, 2.75) is 6.92 Å². The molecule has 0 aliphatic heterocycles. The zero-order valence-electron chi connectivity index (χ0n) is 12.0. The van der Waals surface area contributed by atoms with E-state index in [0.29, 0.717) is 10.4 Å². The van der Waals surface area contributed by atoms with Gasteiger partial charge in [-0.1, -0.05) is 42.5 Å². The molecule has 2 aromatic carbocycles. The first-order valence-electron chi connectivity index (χ1n) is 6.96. The molecule has 0 nitrogen and oxygen atoms in total. The van der Waals surface area contributed by atoms with E-state index in [4.69, 9.17) is 0 Å². The highest BCUT2D eigenvalue weighted by Crippen LogP contribution is 2.32. The van der Waals surface area contributed by atoms with Gasteiger partial charge in [-0.15, -0.1) is 11.3 Å². The second kappa shape index (κ2) is 6.24. The summed E-state index contributed by atoms with van der Waals surface area (Å²) in [5, 5.41) is -0.307. The van der Waals surface area contributed by atoms with E-state index in [1.165, 1.54) is 12.1 Å². The number of benzene rings is 2. The van der Waals surface area contributed by atoms with Gasteiger partial charge >= 0.3 is 0 Å². The predicted octanol–water partition coefficient (Wildman–Crippen LogP) is 6.39. The molecular formula is C19H14F2S. The molecule has 110 valence electrons. The lowest BCUT2D eigenvalue weighted by Gasteiger charge is -2.06. The van der Waals surface area contributed by atoms with Gasteiger partial charge in [0.2, 0.25) is 0 Å². The van der Waals surface area contributed by atoms with Gasteiger partial charge in [-0.2, -0.15) is 4.39 Å². The fourth-order valence-corrected chi connectivity index (χ4v) is 3.09. The summed E-state index contributed by atoms with van der Waals surface area (Å²) in [6, 6.07) is 15.9. The van der Waals surface area contributed by atoms with Crippen molar-refractivity contribution in [3.8, 4) is 21.6 Å². The number of hydrogen-bond acceptors (Lipinski definition) is 1. The standard InChI is InChI=1S/C19H14F2S/c1-2-3-13-4-6-14(7-5-13)15-8-9-16(17(20)12-15)18-10-11-19(21)22-18/h2-12H,1H3/b3-2+. The van der Waals surface area contributed by atoms with E-state index in [2.05, 4.69) is 0 Å².